The van der Waals surface area contributed by atoms with Crippen LogP contribution in [0.1, 0.15) is 53.4 Å². The number of nitrogens with zero attached hydrogens (tertiary/aromatic N) is 2. The molecule has 2 aromatic rings. The number of benzene rings is 2. The smallest absolute Gasteiger partial charge is 0.481 e. The standard InChI is InChI=1S/C30H39N3O4.C2HF3O2/c1-19(2)26(30(36)37)28(34)31-25(22-11-6-5-7-12-22)13-14-32-15-23-17-33(18-24(23)16-32)29(35)27-20(3)9-8-10-21(27)4;3-2(4,5)1(6)7/h5-12,19,23-26H,13-18H2,1-4H3,(H,31,34)(H,36,37);(H,6,7)/t23?,24?,25-,26?;/m0./s1. The minimum Gasteiger partial charge on any atom is -0.481 e. The summed E-state index contributed by atoms with van der Waals surface area (Å²) in [4.78, 5) is 51.2. The number of nitrogens with one attached hydrogen (secondary N) is 1. The van der Waals surface area contributed by atoms with Gasteiger partial charge in [0, 0.05) is 38.3 Å². The lowest BCUT2D eigenvalue weighted by Gasteiger charge is -2.26. The average Bonchev–Trinajstić information content (AvgIpc) is 3.50. The number of amides is 2. The van der Waals surface area contributed by atoms with Gasteiger partial charge in [-0.3, -0.25) is 14.4 Å². The first-order valence-electron chi connectivity index (χ1n) is 14.6. The van der Waals surface area contributed by atoms with Crippen LogP contribution in [0.25, 0.3) is 0 Å². The van der Waals surface area contributed by atoms with Crippen LogP contribution < -0.4 is 5.32 Å². The minimum atomic E-state index is -5.08. The maximum atomic E-state index is 13.3. The van der Waals surface area contributed by atoms with Crippen LogP contribution in [0.4, 0.5) is 13.2 Å². The largest absolute Gasteiger partial charge is 0.490 e. The number of likely N-dealkylation sites (tertiary alicyclic amines) is 2. The number of aryl methyl sites for hydroxylation is 2. The van der Waals surface area contributed by atoms with E-state index in [1.807, 2.05) is 67.3 Å². The van der Waals surface area contributed by atoms with Crippen molar-refractivity contribution >= 4 is 23.8 Å². The van der Waals surface area contributed by atoms with E-state index in [2.05, 4.69) is 10.2 Å². The van der Waals surface area contributed by atoms with Crippen LogP contribution in [0.15, 0.2) is 48.5 Å². The predicted molar refractivity (Wildman–Crippen MR) is 157 cm³/mol. The van der Waals surface area contributed by atoms with Crippen molar-refractivity contribution in [2.45, 2.75) is 46.3 Å². The molecular formula is C32H40F3N3O6. The Hall–Kier alpha value is -3.93. The number of rotatable bonds is 9. The Bertz CT molecular complexity index is 1300. The van der Waals surface area contributed by atoms with Gasteiger partial charge in [0.15, 0.2) is 0 Å². The van der Waals surface area contributed by atoms with E-state index >= 15 is 0 Å². The summed E-state index contributed by atoms with van der Waals surface area (Å²) in [5, 5.41) is 19.7. The van der Waals surface area contributed by atoms with Gasteiger partial charge in [-0.2, -0.15) is 13.2 Å². The molecule has 0 saturated carbocycles. The van der Waals surface area contributed by atoms with E-state index in [0.29, 0.717) is 18.3 Å². The topological polar surface area (TPSA) is 127 Å². The highest BCUT2D eigenvalue weighted by atomic mass is 19.4. The van der Waals surface area contributed by atoms with Crippen LogP contribution in [0.5, 0.6) is 0 Å². The van der Waals surface area contributed by atoms with E-state index in [9.17, 15) is 32.7 Å². The predicted octanol–water partition coefficient (Wildman–Crippen LogP) is 4.54. The molecule has 0 aliphatic carbocycles. The monoisotopic (exact) mass is 619 g/mol. The number of aliphatic carboxylic acids is 2. The van der Waals surface area contributed by atoms with E-state index in [-0.39, 0.29) is 17.9 Å². The lowest BCUT2D eigenvalue weighted by molar-refractivity contribution is -0.192. The molecule has 3 unspecified atom stereocenters. The summed E-state index contributed by atoms with van der Waals surface area (Å²) >= 11 is 0. The number of carbonyl (C=O) groups excluding carboxylic acids is 2. The molecule has 0 aromatic heterocycles. The summed E-state index contributed by atoms with van der Waals surface area (Å²) in [6.07, 6.45) is -4.38. The summed E-state index contributed by atoms with van der Waals surface area (Å²) < 4.78 is 31.7. The molecule has 44 heavy (non-hydrogen) atoms. The second kappa shape index (κ2) is 14.7. The molecule has 2 saturated heterocycles. The molecule has 4 atom stereocenters. The van der Waals surface area contributed by atoms with E-state index in [4.69, 9.17) is 9.90 Å². The van der Waals surface area contributed by atoms with Crippen molar-refractivity contribution < 1.29 is 42.6 Å². The number of carboxylic acid groups (broad SMARTS) is 2. The Morgan fingerprint density at radius 3 is 1.86 bits per heavy atom. The fourth-order valence-electron chi connectivity index (χ4n) is 6.03. The zero-order valence-corrected chi connectivity index (χ0v) is 25.3. The maximum Gasteiger partial charge on any atom is 0.490 e. The molecule has 12 heteroatoms. The first-order valence-corrected chi connectivity index (χ1v) is 14.6. The van der Waals surface area contributed by atoms with E-state index in [1.165, 1.54) is 0 Å². The van der Waals surface area contributed by atoms with Crippen molar-refractivity contribution in [1.82, 2.24) is 15.1 Å². The molecule has 4 rings (SSSR count). The van der Waals surface area contributed by atoms with Crippen LogP contribution in [-0.2, 0) is 14.4 Å². The van der Waals surface area contributed by atoms with Crippen LogP contribution in [0.3, 0.4) is 0 Å². The van der Waals surface area contributed by atoms with Gasteiger partial charge in [0.25, 0.3) is 5.91 Å². The van der Waals surface area contributed by atoms with Gasteiger partial charge >= 0.3 is 18.1 Å². The number of carboxylic acids is 2. The number of carbonyl (C=O) groups is 4. The van der Waals surface area contributed by atoms with Crippen LogP contribution >= 0.6 is 0 Å². The maximum absolute atomic E-state index is 13.3. The third kappa shape index (κ3) is 8.81. The summed E-state index contributed by atoms with van der Waals surface area (Å²) in [5.41, 5.74) is 3.87. The average molecular weight is 620 g/mol. The normalized spacial score (nSPS) is 19.5. The fraction of sp³-hybridized carbons (Fsp3) is 0.500. The molecule has 2 fully saturated rings. The van der Waals surface area contributed by atoms with Gasteiger partial charge in [0.1, 0.15) is 5.92 Å². The second-order valence-electron chi connectivity index (χ2n) is 11.9. The Balaban J connectivity index is 0.000000676. The van der Waals surface area contributed by atoms with E-state index in [1.54, 1.807) is 13.8 Å². The van der Waals surface area contributed by atoms with Crippen molar-refractivity contribution in [1.29, 1.82) is 0 Å². The van der Waals surface area contributed by atoms with Crippen molar-refractivity contribution in [2.24, 2.45) is 23.7 Å². The quantitative estimate of drug-likeness (QED) is 0.352. The van der Waals surface area contributed by atoms with Gasteiger partial charge in [-0.05, 0) is 54.7 Å². The molecule has 0 spiro atoms. The number of hydrogen-bond acceptors (Lipinski definition) is 5. The van der Waals surface area contributed by atoms with Crippen LogP contribution in [0, 0.1) is 37.5 Å². The Kier molecular flexibility index (Phi) is 11.5. The second-order valence-corrected chi connectivity index (χ2v) is 11.9. The first-order chi connectivity index (χ1) is 20.6. The highest BCUT2D eigenvalue weighted by molar-refractivity contribution is 5.98. The van der Waals surface area contributed by atoms with Gasteiger partial charge in [-0.25, -0.2) is 4.79 Å². The summed E-state index contributed by atoms with van der Waals surface area (Å²) in [5.74, 6) is -4.60. The molecule has 2 aromatic carbocycles. The lowest BCUT2D eigenvalue weighted by atomic mass is 9.94. The number of fused-ring (bicyclic) bond motifs is 1. The van der Waals surface area contributed by atoms with E-state index in [0.717, 1.165) is 55.0 Å². The van der Waals surface area contributed by atoms with Gasteiger partial charge < -0.3 is 25.3 Å². The van der Waals surface area contributed by atoms with Crippen LogP contribution in [0.2, 0.25) is 0 Å². The van der Waals surface area contributed by atoms with Gasteiger partial charge in [-0.1, -0.05) is 62.4 Å². The first kappa shape index (κ1) is 34.6. The number of halogens is 3. The van der Waals surface area contributed by atoms with Gasteiger partial charge in [0.2, 0.25) is 5.91 Å². The molecule has 2 amide bonds. The minimum absolute atomic E-state index is 0.140. The molecule has 0 radical (unpaired) electrons. The molecule has 9 nitrogen and oxygen atoms in total. The van der Waals surface area contributed by atoms with Crippen LogP contribution in [-0.4, -0.2) is 82.7 Å². The zero-order chi connectivity index (χ0) is 32.8. The fourth-order valence-corrected chi connectivity index (χ4v) is 6.03. The Morgan fingerprint density at radius 1 is 0.886 bits per heavy atom. The van der Waals surface area contributed by atoms with Crippen molar-refractivity contribution in [3.05, 3.63) is 70.8 Å². The lowest BCUT2D eigenvalue weighted by Crippen LogP contribution is -2.41. The highest BCUT2D eigenvalue weighted by Gasteiger charge is 2.42. The summed E-state index contributed by atoms with van der Waals surface area (Å²) in [7, 11) is 0. The third-order valence-corrected chi connectivity index (χ3v) is 8.25. The molecule has 240 valence electrons. The van der Waals surface area contributed by atoms with Gasteiger partial charge in [0.05, 0.1) is 6.04 Å². The molecule has 2 heterocycles. The summed E-state index contributed by atoms with van der Waals surface area (Å²) in [6, 6.07) is 15.5. The highest BCUT2D eigenvalue weighted by Crippen LogP contribution is 2.33. The molecule has 2 aliphatic heterocycles. The zero-order valence-electron chi connectivity index (χ0n) is 25.3. The van der Waals surface area contributed by atoms with Crippen molar-refractivity contribution in [3.63, 3.8) is 0 Å². The number of alkyl halides is 3. The van der Waals surface area contributed by atoms with Crippen molar-refractivity contribution in [3.8, 4) is 0 Å². The Morgan fingerprint density at radius 2 is 1.41 bits per heavy atom. The Labute approximate surface area is 255 Å². The molecular weight excluding hydrogens is 579 g/mol. The van der Waals surface area contributed by atoms with Crippen molar-refractivity contribution in [2.75, 3.05) is 32.7 Å². The molecule has 0 bridgehead atoms. The van der Waals surface area contributed by atoms with E-state index < -0.39 is 29.9 Å². The molecule has 2 aliphatic rings. The third-order valence-electron chi connectivity index (χ3n) is 8.25. The van der Waals surface area contributed by atoms with Gasteiger partial charge in [-0.15, -0.1) is 0 Å². The summed E-state index contributed by atoms with van der Waals surface area (Å²) in [6.45, 7) is 11.7. The number of hydrogen-bond donors (Lipinski definition) is 3. The molecule has 3 N–H and O–H groups in total. The SMILES string of the molecule is Cc1cccc(C)c1C(=O)N1CC2CN(CC[C@H](NC(=O)C(C(=O)O)C(C)C)c3ccccc3)CC2C1.O=C(O)C(F)(F)F.